The van der Waals surface area contributed by atoms with Gasteiger partial charge in [-0.25, -0.2) is 0 Å². The van der Waals surface area contributed by atoms with E-state index in [0.29, 0.717) is 18.0 Å². The quantitative estimate of drug-likeness (QED) is 0.737. The molecule has 2 rings (SSSR count). The minimum absolute atomic E-state index is 0.0258. The molecule has 0 unspecified atom stereocenters. The Labute approximate surface area is 118 Å². The number of hydrogen-bond donors (Lipinski definition) is 3. The highest BCUT2D eigenvalue weighted by Crippen LogP contribution is 2.25. The lowest BCUT2D eigenvalue weighted by Crippen LogP contribution is -2.42. The van der Waals surface area contributed by atoms with Crippen molar-refractivity contribution in [1.29, 1.82) is 0 Å². The van der Waals surface area contributed by atoms with Gasteiger partial charge in [0.25, 0.3) is 5.91 Å². The molecule has 1 aliphatic carbocycles. The summed E-state index contributed by atoms with van der Waals surface area (Å²) >= 11 is 0. The first-order valence-electron chi connectivity index (χ1n) is 6.84. The molecule has 0 aromatic heterocycles. The Morgan fingerprint density at radius 3 is 2.45 bits per heavy atom. The maximum atomic E-state index is 11.8. The topological polar surface area (TPSA) is 78.4 Å². The van der Waals surface area contributed by atoms with E-state index in [2.05, 4.69) is 10.6 Å². The van der Waals surface area contributed by atoms with Crippen molar-refractivity contribution in [3.8, 4) is 0 Å². The zero-order chi connectivity index (χ0) is 14.5. The summed E-state index contributed by atoms with van der Waals surface area (Å²) in [5.74, 6) is -0.0900. The van der Waals surface area contributed by atoms with Crippen molar-refractivity contribution in [1.82, 2.24) is 10.6 Å². The van der Waals surface area contributed by atoms with Crippen molar-refractivity contribution >= 4 is 11.8 Å². The van der Waals surface area contributed by atoms with Gasteiger partial charge >= 0.3 is 0 Å². The van der Waals surface area contributed by atoms with E-state index in [1.54, 1.807) is 12.1 Å². The number of aliphatic hydroxyl groups excluding tert-OH is 1. The van der Waals surface area contributed by atoms with Crippen LogP contribution in [0.5, 0.6) is 0 Å². The molecule has 1 aromatic rings. The molecule has 0 bridgehead atoms. The highest BCUT2D eigenvalue weighted by Gasteiger charge is 2.27. The Bertz CT molecular complexity index is 478. The smallest absolute Gasteiger partial charge is 0.251 e. The van der Waals surface area contributed by atoms with E-state index in [0.717, 1.165) is 18.4 Å². The molecule has 5 nitrogen and oxygen atoms in total. The molecule has 1 aliphatic rings. The van der Waals surface area contributed by atoms with Crippen LogP contribution in [0.3, 0.4) is 0 Å². The first kappa shape index (κ1) is 14.5. The summed E-state index contributed by atoms with van der Waals surface area (Å²) < 4.78 is 0. The van der Waals surface area contributed by atoms with Gasteiger partial charge in [-0.05, 0) is 37.8 Å². The number of aliphatic hydroxyl groups is 1. The van der Waals surface area contributed by atoms with Gasteiger partial charge in [0.1, 0.15) is 0 Å². The maximum absolute atomic E-state index is 11.8. The predicted octanol–water partition coefficient (Wildman–Crippen LogP) is 0.612. The van der Waals surface area contributed by atoms with Crippen LogP contribution >= 0.6 is 0 Å². The minimum atomic E-state index is -0.251. The van der Waals surface area contributed by atoms with E-state index >= 15 is 0 Å². The standard InChI is InChI=1S/C15H20N2O3/c1-10-2-4-12(5-3-10)15(20)17-9-14(19)16-8-11-6-13(18)7-11/h2-5,11,13,18H,6-9H2,1H3,(H,16,19)(H,17,20). The van der Waals surface area contributed by atoms with Crippen molar-refractivity contribution in [2.45, 2.75) is 25.9 Å². The number of amides is 2. The SMILES string of the molecule is Cc1ccc(C(=O)NCC(=O)NCC2CC(O)C2)cc1. The Kier molecular flexibility index (Phi) is 4.74. The first-order chi connectivity index (χ1) is 9.54. The second kappa shape index (κ2) is 6.52. The fraction of sp³-hybridized carbons (Fsp3) is 0.467. The molecule has 20 heavy (non-hydrogen) atoms. The van der Waals surface area contributed by atoms with Crippen LogP contribution in [0, 0.1) is 12.8 Å². The summed E-state index contributed by atoms with van der Waals surface area (Å²) in [7, 11) is 0. The Balaban J connectivity index is 1.67. The lowest BCUT2D eigenvalue weighted by molar-refractivity contribution is -0.120. The van der Waals surface area contributed by atoms with E-state index < -0.39 is 0 Å². The van der Waals surface area contributed by atoms with Crippen molar-refractivity contribution in [2.24, 2.45) is 5.92 Å². The number of benzene rings is 1. The van der Waals surface area contributed by atoms with Gasteiger partial charge in [0.05, 0.1) is 12.6 Å². The summed E-state index contributed by atoms with van der Waals surface area (Å²) in [5.41, 5.74) is 1.63. The molecule has 2 amide bonds. The average Bonchev–Trinajstić information content (AvgIpc) is 2.40. The van der Waals surface area contributed by atoms with Crippen molar-refractivity contribution in [3.63, 3.8) is 0 Å². The second-order valence-corrected chi connectivity index (χ2v) is 5.34. The number of carbonyl (C=O) groups excluding carboxylic acids is 2. The largest absolute Gasteiger partial charge is 0.393 e. The molecule has 108 valence electrons. The van der Waals surface area contributed by atoms with E-state index in [1.165, 1.54) is 0 Å². The van der Waals surface area contributed by atoms with E-state index in [1.807, 2.05) is 19.1 Å². The second-order valence-electron chi connectivity index (χ2n) is 5.34. The van der Waals surface area contributed by atoms with E-state index in [9.17, 15) is 9.59 Å². The third kappa shape index (κ3) is 4.06. The molecule has 0 atom stereocenters. The van der Waals surface area contributed by atoms with Gasteiger partial charge in [0.15, 0.2) is 0 Å². The summed E-state index contributed by atoms with van der Waals surface area (Å²) in [6, 6.07) is 7.18. The average molecular weight is 276 g/mol. The van der Waals surface area contributed by atoms with Gasteiger partial charge in [-0.15, -0.1) is 0 Å². The van der Waals surface area contributed by atoms with Crippen LogP contribution in [0.15, 0.2) is 24.3 Å². The summed E-state index contributed by atoms with van der Waals surface area (Å²) in [6.07, 6.45) is 1.28. The number of hydrogen-bond acceptors (Lipinski definition) is 3. The van der Waals surface area contributed by atoms with Gasteiger partial charge in [-0.3, -0.25) is 9.59 Å². The lowest BCUT2D eigenvalue weighted by atomic mass is 9.82. The third-order valence-electron chi connectivity index (χ3n) is 3.52. The Morgan fingerprint density at radius 1 is 1.20 bits per heavy atom. The van der Waals surface area contributed by atoms with Crippen LogP contribution in [0.2, 0.25) is 0 Å². The predicted molar refractivity (Wildman–Crippen MR) is 75.3 cm³/mol. The molecule has 1 fully saturated rings. The molecular weight excluding hydrogens is 256 g/mol. The molecule has 0 radical (unpaired) electrons. The van der Waals surface area contributed by atoms with Crippen LogP contribution in [-0.2, 0) is 4.79 Å². The van der Waals surface area contributed by atoms with Crippen LogP contribution in [0.25, 0.3) is 0 Å². The normalized spacial score (nSPS) is 20.9. The van der Waals surface area contributed by atoms with E-state index in [4.69, 9.17) is 5.11 Å². The molecule has 1 aromatic carbocycles. The number of carbonyl (C=O) groups is 2. The molecule has 3 N–H and O–H groups in total. The number of rotatable bonds is 5. The molecule has 0 heterocycles. The highest BCUT2D eigenvalue weighted by molar-refractivity contribution is 5.96. The molecule has 0 spiro atoms. The zero-order valence-electron chi connectivity index (χ0n) is 11.6. The zero-order valence-corrected chi connectivity index (χ0v) is 11.6. The van der Waals surface area contributed by atoms with Gasteiger partial charge in [-0.2, -0.15) is 0 Å². The third-order valence-corrected chi connectivity index (χ3v) is 3.52. The van der Waals surface area contributed by atoms with Crippen LogP contribution in [0.1, 0.15) is 28.8 Å². The highest BCUT2D eigenvalue weighted by atomic mass is 16.3. The van der Waals surface area contributed by atoms with E-state index in [-0.39, 0.29) is 24.5 Å². The molecule has 0 aliphatic heterocycles. The maximum Gasteiger partial charge on any atom is 0.251 e. The van der Waals surface area contributed by atoms with Crippen LogP contribution in [0.4, 0.5) is 0 Å². The van der Waals surface area contributed by atoms with Gasteiger partial charge in [0.2, 0.25) is 5.91 Å². The Morgan fingerprint density at radius 2 is 1.85 bits per heavy atom. The fourth-order valence-corrected chi connectivity index (χ4v) is 2.16. The minimum Gasteiger partial charge on any atom is -0.393 e. The molecule has 0 saturated heterocycles. The van der Waals surface area contributed by atoms with Gasteiger partial charge < -0.3 is 15.7 Å². The molecule has 1 saturated carbocycles. The lowest BCUT2D eigenvalue weighted by Gasteiger charge is -2.31. The monoisotopic (exact) mass is 276 g/mol. The van der Waals surface area contributed by atoms with Crippen LogP contribution in [-0.4, -0.2) is 36.1 Å². The van der Waals surface area contributed by atoms with Crippen molar-refractivity contribution in [3.05, 3.63) is 35.4 Å². The van der Waals surface area contributed by atoms with Crippen LogP contribution < -0.4 is 10.6 Å². The van der Waals surface area contributed by atoms with Crippen molar-refractivity contribution < 1.29 is 14.7 Å². The van der Waals surface area contributed by atoms with Gasteiger partial charge in [-0.1, -0.05) is 17.7 Å². The molecule has 5 heteroatoms. The first-order valence-corrected chi connectivity index (χ1v) is 6.84. The van der Waals surface area contributed by atoms with Crippen molar-refractivity contribution in [2.75, 3.05) is 13.1 Å². The number of nitrogens with one attached hydrogen (secondary N) is 2. The Hall–Kier alpha value is -1.88. The molecular formula is C15H20N2O3. The summed E-state index contributed by atoms with van der Waals surface area (Å²) in [5, 5.41) is 14.5. The fourth-order valence-electron chi connectivity index (χ4n) is 2.16. The number of aryl methyl sites for hydroxylation is 1. The van der Waals surface area contributed by atoms with Gasteiger partial charge in [0, 0.05) is 12.1 Å². The summed E-state index contributed by atoms with van der Waals surface area (Å²) in [4.78, 5) is 23.4. The summed E-state index contributed by atoms with van der Waals surface area (Å²) in [6.45, 7) is 2.49.